The fourth-order valence-corrected chi connectivity index (χ4v) is 3.34. The van der Waals surface area contributed by atoms with Crippen molar-refractivity contribution in [2.24, 2.45) is 0 Å². The molecule has 2 aromatic rings. The van der Waals surface area contributed by atoms with E-state index in [9.17, 15) is 8.42 Å². The minimum absolute atomic E-state index is 0.0612. The van der Waals surface area contributed by atoms with E-state index in [1.165, 1.54) is 25.3 Å². The van der Waals surface area contributed by atoms with Gasteiger partial charge in [0.25, 0.3) is 0 Å². The maximum Gasteiger partial charge on any atom is 0.240 e. The largest absolute Gasteiger partial charge is 0.495 e. The van der Waals surface area contributed by atoms with Crippen molar-refractivity contribution < 1.29 is 17.9 Å². The number of methoxy groups -OCH3 is 1. The molecule has 0 saturated heterocycles. The van der Waals surface area contributed by atoms with Gasteiger partial charge in [-0.15, -0.1) is 0 Å². The Morgan fingerprint density at radius 2 is 1.91 bits per heavy atom. The van der Waals surface area contributed by atoms with Gasteiger partial charge in [-0.2, -0.15) is 0 Å². The summed E-state index contributed by atoms with van der Waals surface area (Å²) in [6.07, 6.45) is 0. The van der Waals surface area contributed by atoms with Gasteiger partial charge in [0.05, 0.1) is 17.0 Å². The summed E-state index contributed by atoms with van der Waals surface area (Å²) in [7, 11) is -2.21. The summed E-state index contributed by atoms with van der Waals surface area (Å²) < 4.78 is 37.2. The number of ether oxygens (including phenoxy) is 2. The second-order valence-electron chi connectivity index (χ2n) is 4.50. The Labute approximate surface area is 145 Å². The maximum atomic E-state index is 12.2. The topological polar surface area (TPSA) is 64.6 Å². The van der Waals surface area contributed by atoms with E-state index in [0.29, 0.717) is 16.5 Å². The molecular formula is C15H15Cl2NO4S. The number of sulfonamides is 1. The van der Waals surface area contributed by atoms with E-state index in [4.69, 9.17) is 32.7 Å². The molecule has 0 bridgehead atoms. The molecule has 8 heteroatoms. The molecule has 0 heterocycles. The molecule has 5 nitrogen and oxygen atoms in total. The summed E-state index contributed by atoms with van der Waals surface area (Å²) in [5.41, 5.74) is 0. The quantitative estimate of drug-likeness (QED) is 0.753. The third kappa shape index (κ3) is 5.00. The van der Waals surface area contributed by atoms with Crippen molar-refractivity contribution in [2.75, 3.05) is 20.3 Å². The minimum atomic E-state index is -3.67. The SMILES string of the molecule is COc1ccc(S(=O)(=O)NCCOc2cccc(Cl)c2)cc1Cl. The summed E-state index contributed by atoms with van der Waals surface area (Å²) in [4.78, 5) is 0.0612. The van der Waals surface area contributed by atoms with Gasteiger partial charge < -0.3 is 9.47 Å². The van der Waals surface area contributed by atoms with E-state index in [-0.39, 0.29) is 23.1 Å². The fourth-order valence-electron chi connectivity index (χ4n) is 1.80. The van der Waals surface area contributed by atoms with E-state index in [1.807, 2.05) is 0 Å². The molecule has 0 aliphatic carbocycles. The molecule has 2 aromatic carbocycles. The molecule has 2 rings (SSSR count). The molecule has 0 spiro atoms. The lowest BCUT2D eigenvalue weighted by molar-refractivity contribution is 0.323. The second kappa shape index (κ2) is 7.88. The Morgan fingerprint density at radius 1 is 1.13 bits per heavy atom. The number of hydrogen-bond acceptors (Lipinski definition) is 4. The van der Waals surface area contributed by atoms with Crippen LogP contribution in [0.15, 0.2) is 47.4 Å². The van der Waals surface area contributed by atoms with Gasteiger partial charge in [0.15, 0.2) is 0 Å². The summed E-state index contributed by atoms with van der Waals surface area (Å²) >= 11 is 11.8. The van der Waals surface area contributed by atoms with Crippen LogP contribution in [0.4, 0.5) is 0 Å². The van der Waals surface area contributed by atoms with Crippen LogP contribution in [0.25, 0.3) is 0 Å². The lowest BCUT2D eigenvalue weighted by Gasteiger charge is -2.10. The smallest absolute Gasteiger partial charge is 0.240 e. The van der Waals surface area contributed by atoms with Crippen molar-refractivity contribution in [1.29, 1.82) is 0 Å². The van der Waals surface area contributed by atoms with E-state index >= 15 is 0 Å². The first-order chi connectivity index (χ1) is 10.9. The molecule has 0 radical (unpaired) electrons. The van der Waals surface area contributed by atoms with Crippen LogP contribution in [0.2, 0.25) is 10.0 Å². The molecule has 0 atom stereocenters. The van der Waals surface area contributed by atoms with Gasteiger partial charge in [-0.1, -0.05) is 29.3 Å². The van der Waals surface area contributed by atoms with E-state index < -0.39 is 10.0 Å². The van der Waals surface area contributed by atoms with Crippen molar-refractivity contribution in [2.45, 2.75) is 4.90 Å². The fraction of sp³-hybridized carbons (Fsp3) is 0.200. The van der Waals surface area contributed by atoms with Crippen LogP contribution < -0.4 is 14.2 Å². The van der Waals surface area contributed by atoms with Crippen LogP contribution in [-0.4, -0.2) is 28.7 Å². The minimum Gasteiger partial charge on any atom is -0.495 e. The molecule has 23 heavy (non-hydrogen) atoms. The monoisotopic (exact) mass is 375 g/mol. The van der Waals surface area contributed by atoms with Crippen molar-refractivity contribution in [3.63, 3.8) is 0 Å². The average molecular weight is 376 g/mol. The predicted molar refractivity (Wildman–Crippen MR) is 90.1 cm³/mol. The molecule has 124 valence electrons. The summed E-state index contributed by atoms with van der Waals surface area (Å²) in [5, 5.41) is 0.779. The molecular weight excluding hydrogens is 361 g/mol. The molecule has 0 unspecified atom stereocenters. The summed E-state index contributed by atoms with van der Waals surface area (Å²) in [6, 6.07) is 11.1. The van der Waals surface area contributed by atoms with E-state index in [1.54, 1.807) is 24.3 Å². The Kier molecular flexibility index (Phi) is 6.12. The van der Waals surface area contributed by atoms with Gasteiger partial charge in [0, 0.05) is 11.6 Å². The van der Waals surface area contributed by atoms with Crippen LogP contribution in [0.3, 0.4) is 0 Å². The second-order valence-corrected chi connectivity index (χ2v) is 7.11. The van der Waals surface area contributed by atoms with E-state index in [2.05, 4.69) is 4.72 Å². The van der Waals surface area contributed by atoms with Crippen LogP contribution in [-0.2, 0) is 10.0 Å². The Hall–Kier alpha value is -1.47. The first kappa shape index (κ1) is 17.9. The van der Waals surface area contributed by atoms with Crippen LogP contribution in [0.1, 0.15) is 0 Å². The van der Waals surface area contributed by atoms with Gasteiger partial charge in [-0.25, -0.2) is 13.1 Å². The number of rotatable bonds is 7. The summed E-state index contributed by atoms with van der Waals surface area (Å²) in [6.45, 7) is 0.280. The van der Waals surface area contributed by atoms with Crippen molar-refractivity contribution in [3.05, 3.63) is 52.5 Å². The lowest BCUT2D eigenvalue weighted by Crippen LogP contribution is -2.28. The lowest BCUT2D eigenvalue weighted by atomic mass is 10.3. The molecule has 0 aliphatic heterocycles. The first-order valence-corrected chi connectivity index (χ1v) is 8.88. The zero-order chi connectivity index (χ0) is 16.9. The summed E-state index contributed by atoms with van der Waals surface area (Å²) in [5.74, 6) is 0.985. The standard InChI is InChI=1S/C15H15Cl2NO4S/c1-21-15-6-5-13(10-14(15)17)23(19,20)18-7-8-22-12-4-2-3-11(16)9-12/h2-6,9-10,18H,7-8H2,1H3. The van der Waals surface area contributed by atoms with Crippen molar-refractivity contribution in [1.82, 2.24) is 4.72 Å². The highest BCUT2D eigenvalue weighted by molar-refractivity contribution is 7.89. The van der Waals surface area contributed by atoms with Gasteiger partial charge in [0.1, 0.15) is 18.1 Å². The molecule has 0 aliphatic rings. The molecule has 0 saturated carbocycles. The van der Waals surface area contributed by atoms with Crippen LogP contribution in [0.5, 0.6) is 11.5 Å². The third-order valence-corrected chi connectivity index (χ3v) is 4.88. The number of benzene rings is 2. The Balaban J connectivity index is 1.92. The van der Waals surface area contributed by atoms with Crippen LogP contribution >= 0.6 is 23.2 Å². The highest BCUT2D eigenvalue weighted by Gasteiger charge is 2.15. The van der Waals surface area contributed by atoms with Crippen LogP contribution in [0, 0.1) is 0 Å². The number of nitrogens with one attached hydrogen (secondary N) is 1. The van der Waals surface area contributed by atoms with Crippen molar-refractivity contribution >= 4 is 33.2 Å². The zero-order valence-electron chi connectivity index (χ0n) is 12.3. The average Bonchev–Trinajstić information content (AvgIpc) is 2.51. The molecule has 0 fully saturated rings. The van der Waals surface area contributed by atoms with Crippen molar-refractivity contribution in [3.8, 4) is 11.5 Å². The third-order valence-electron chi connectivity index (χ3n) is 2.89. The first-order valence-electron chi connectivity index (χ1n) is 6.64. The normalized spacial score (nSPS) is 11.3. The van der Waals surface area contributed by atoms with Gasteiger partial charge in [0.2, 0.25) is 10.0 Å². The zero-order valence-corrected chi connectivity index (χ0v) is 14.6. The predicted octanol–water partition coefficient (Wildman–Crippen LogP) is 3.36. The molecule has 1 N–H and O–H groups in total. The molecule has 0 amide bonds. The number of hydrogen-bond donors (Lipinski definition) is 1. The Morgan fingerprint density at radius 3 is 2.57 bits per heavy atom. The Bertz CT molecular complexity index is 781. The van der Waals surface area contributed by atoms with Gasteiger partial charge in [-0.05, 0) is 36.4 Å². The van der Waals surface area contributed by atoms with Gasteiger partial charge in [-0.3, -0.25) is 0 Å². The molecule has 0 aromatic heterocycles. The van der Waals surface area contributed by atoms with E-state index in [0.717, 1.165) is 0 Å². The maximum absolute atomic E-state index is 12.2. The van der Waals surface area contributed by atoms with Gasteiger partial charge >= 0.3 is 0 Å². The highest BCUT2D eigenvalue weighted by atomic mass is 35.5. The highest BCUT2D eigenvalue weighted by Crippen LogP contribution is 2.26. The number of halogens is 2.